The molecule has 2 bridgehead atoms. The number of aryl methyl sites for hydroxylation is 1. The average molecular weight is 377 g/mol. The topological polar surface area (TPSA) is 47.6 Å². The monoisotopic (exact) mass is 376 g/mol. The molecule has 0 aliphatic heterocycles. The van der Waals surface area contributed by atoms with E-state index in [4.69, 9.17) is 0 Å². The van der Waals surface area contributed by atoms with Crippen LogP contribution in [0.2, 0.25) is 0 Å². The van der Waals surface area contributed by atoms with Crippen LogP contribution in [0.4, 0.5) is 0 Å². The van der Waals surface area contributed by atoms with E-state index in [2.05, 4.69) is 38.1 Å². The van der Waals surface area contributed by atoms with Gasteiger partial charge in [-0.2, -0.15) is 10.5 Å². The Morgan fingerprint density at radius 1 is 0.786 bits per heavy atom. The van der Waals surface area contributed by atoms with E-state index in [1.807, 2.05) is 0 Å². The van der Waals surface area contributed by atoms with Gasteiger partial charge in [0.1, 0.15) is 12.1 Å². The fourth-order valence-electron chi connectivity index (χ4n) is 6.03. The lowest BCUT2D eigenvalue weighted by atomic mass is 9.50. The summed E-state index contributed by atoms with van der Waals surface area (Å²) in [5, 5.41) is 19.9. The highest BCUT2D eigenvalue weighted by molar-refractivity contribution is 5.57. The lowest BCUT2D eigenvalue weighted by Gasteiger charge is -2.54. The maximum atomic E-state index is 9.98. The Bertz CT molecular complexity index is 737. The van der Waals surface area contributed by atoms with Crippen molar-refractivity contribution in [3.63, 3.8) is 0 Å². The smallest absolute Gasteiger partial charge is 0.101 e. The van der Waals surface area contributed by atoms with Crippen molar-refractivity contribution in [2.24, 2.45) is 5.41 Å². The fraction of sp³-hybridized carbons (Fsp3) is 0.692. The molecule has 0 aromatic heterocycles. The lowest BCUT2D eigenvalue weighted by molar-refractivity contribution is 0.0319. The van der Waals surface area contributed by atoms with Crippen LogP contribution < -0.4 is 0 Å². The van der Waals surface area contributed by atoms with Gasteiger partial charge in [-0.3, -0.25) is 0 Å². The van der Waals surface area contributed by atoms with E-state index >= 15 is 0 Å². The summed E-state index contributed by atoms with van der Waals surface area (Å²) in [6, 6.07) is 9.25. The van der Waals surface area contributed by atoms with Gasteiger partial charge in [0.05, 0.1) is 11.1 Å². The largest absolute Gasteiger partial charge is 0.192 e. The van der Waals surface area contributed by atoms with Crippen LogP contribution >= 0.6 is 0 Å². The van der Waals surface area contributed by atoms with Crippen LogP contribution in [0.3, 0.4) is 0 Å². The predicted molar refractivity (Wildman–Crippen MR) is 115 cm³/mol. The average Bonchev–Trinajstić information content (AvgIpc) is 2.74. The highest BCUT2D eigenvalue weighted by atomic mass is 14.5. The van der Waals surface area contributed by atoms with E-state index in [1.165, 1.54) is 82.6 Å². The third-order valence-electron chi connectivity index (χ3n) is 7.82. The van der Waals surface area contributed by atoms with E-state index in [9.17, 15) is 10.5 Å². The van der Waals surface area contributed by atoms with Crippen LogP contribution in [0.5, 0.6) is 0 Å². The lowest BCUT2D eigenvalue weighted by Crippen LogP contribution is -2.44. The Hall–Kier alpha value is -1.80. The van der Waals surface area contributed by atoms with Crippen molar-refractivity contribution in [1.82, 2.24) is 0 Å². The molecule has 0 heterocycles. The van der Waals surface area contributed by atoms with Crippen molar-refractivity contribution in [3.05, 3.63) is 34.4 Å². The zero-order chi connectivity index (χ0) is 20.0. The van der Waals surface area contributed by atoms with E-state index in [1.54, 1.807) is 0 Å². The molecule has 0 radical (unpaired) electrons. The number of hydrogen-bond acceptors (Lipinski definition) is 2. The molecule has 0 unspecified atom stereocenters. The Balaban J connectivity index is 1.82. The number of unbranched alkanes of at least 4 members (excludes halogenated alkanes) is 4. The summed E-state index contributed by atoms with van der Waals surface area (Å²) in [6.07, 6.45) is 17.2. The maximum Gasteiger partial charge on any atom is 0.101 e. The Kier molecular flexibility index (Phi) is 6.82. The van der Waals surface area contributed by atoms with Crippen LogP contribution in [-0.4, -0.2) is 0 Å². The molecule has 0 atom stereocenters. The summed E-state index contributed by atoms with van der Waals surface area (Å²) >= 11 is 0. The molecule has 3 fully saturated rings. The van der Waals surface area contributed by atoms with Crippen molar-refractivity contribution in [1.29, 1.82) is 10.5 Å². The Morgan fingerprint density at radius 3 is 2.00 bits per heavy atom. The number of nitriles is 2. The molecule has 0 saturated heterocycles. The predicted octanol–water partition coefficient (Wildman–Crippen LogP) is 7.33. The third-order valence-corrected chi connectivity index (χ3v) is 7.82. The van der Waals surface area contributed by atoms with Gasteiger partial charge in [0.2, 0.25) is 0 Å². The summed E-state index contributed by atoms with van der Waals surface area (Å²) < 4.78 is 0. The number of fused-ring (bicyclic) bond motifs is 3. The standard InChI is InChI=1S/C26H36N2/c1-3-5-6-7-8-9-21-10-11-24(23(20-28)22(21)19-27)26-16-13-25(12-4-2,14-17-26)15-18-26/h10-11H,3-9,12-18H2,1-2H3. The van der Waals surface area contributed by atoms with E-state index < -0.39 is 0 Å². The second-order valence-corrected chi connectivity index (χ2v) is 9.44. The summed E-state index contributed by atoms with van der Waals surface area (Å²) in [4.78, 5) is 0. The van der Waals surface area contributed by atoms with Crippen molar-refractivity contribution >= 4 is 0 Å². The second-order valence-electron chi connectivity index (χ2n) is 9.44. The third kappa shape index (κ3) is 3.98. The first-order chi connectivity index (χ1) is 13.6. The van der Waals surface area contributed by atoms with Gasteiger partial charge in [-0.15, -0.1) is 0 Å². The minimum Gasteiger partial charge on any atom is -0.192 e. The summed E-state index contributed by atoms with van der Waals surface area (Å²) in [6.45, 7) is 4.53. The van der Waals surface area contributed by atoms with E-state index in [0.29, 0.717) is 16.5 Å². The quantitative estimate of drug-likeness (QED) is 0.423. The fourth-order valence-corrected chi connectivity index (χ4v) is 6.03. The van der Waals surface area contributed by atoms with Crippen LogP contribution in [0.25, 0.3) is 0 Å². The molecule has 0 N–H and O–H groups in total. The second kappa shape index (κ2) is 9.13. The zero-order valence-corrected chi connectivity index (χ0v) is 17.9. The van der Waals surface area contributed by atoms with Gasteiger partial charge in [0.25, 0.3) is 0 Å². The van der Waals surface area contributed by atoms with Crippen LogP contribution in [0, 0.1) is 28.1 Å². The van der Waals surface area contributed by atoms with Gasteiger partial charge in [-0.1, -0.05) is 58.1 Å². The van der Waals surface area contributed by atoms with Crippen molar-refractivity contribution in [2.75, 3.05) is 0 Å². The molecule has 0 amide bonds. The molecule has 28 heavy (non-hydrogen) atoms. The first-order valence-corrected chi connectivity index (χ1v) is 11.6. The first-order valence-electron chi connectivity index (χ1n) is 11.6. The van der Waals surface area contributed by atoms with Gasteiger partial charge in [-0.05, 0) is 79.7 Å². The molecular formula is C26H36N2. The minimum atomic E-state index is 0.145. The summed E-state index contributed by atoms with van der Waals surface area (Å²) in [5.74, 6) is 0. The first kappa shape index (κ1) is 20.9. The van der Waals surface area contributed by atoms with Crippen LogP contribution in [-0.2, 0) is 11.8 Å². The number of benzene rings is 1. The van der Waals surface area contributed by atoms with Gasteiger partial charge in [-0.25, -0.2) is 0 Å². The molecule has 2 heteroatoms. The van der Waals surface area contributed by atoms with Crippen molar-refractivity contribution in [3.8, 4) is 12.1 Å². The normalized spacial score (nSPS) is 26.0. The molecule has 3 saturated carbocycles. The maximum absolute atomic E-state index is 9.98. The molecule has 0 spiro atoms. The SMILES string of the molecule is CCCCCCCc1ccc(C23CCC(CCC)(CC2)CC3)c(C#N)c1C#N. The van der Waals surface area contributed by atoms with E-state index in [0.717, 1.165) is 18.4 Å². The highest BCUT2D eigenvalue weighted by Crippen LogP contribution is 2.60. The van der Waals surface area contributed by atoms with Gasteiger partial charge >= 0.3 is 0 Å². The van der Waals surface area contributed by atoms with Gasteiger partial charge < -0.3 is 0 Å². The molecule has 1 aromatic carbocycles. The summed E-state index contributed by atoms with van der Waals surface area (Å²) in [7, 11) is 0. The van der Waals surface area contributed by atoms with Crippen LogP contribution in [0.1, 0.15) is 120 Å². The molecule has 3 aliphatic carbocycles. The number of rotatable bonds is 9. The molecule has 4 rings (SSSR count). The molecule has 1 aromatic rings. The Labute approximate surface area is 172 Å². The minimum absolute atomic E-state index is 0.145. The highest BCUT2D eigenvalue weighted by Gasteiger charge is 2.49. The molecular weight excluding hydrogens is 340 g/mol. The Morgan fingerprint density at radius 2 is 1.43 bits per heavy atom. The van der Waals surface area contributed by atoms with E-state index in [-0.39, 0.29) is 5.41 Å². The van der Waals surface area contributed by atoms with Crippen molar-refractivity contribution in [2.45, 2.75) is 109 Å². The number of nitrogens with zero attached hydrogens (tertiary/aromatic N) is 2. The van der Waals surface area contributed by atoms with Crippen LogP contribution in [0.15, 0.2) is 12.1 Å². The zero-order valence-electron chi connectivity index (χ0n) is 17.9. The van der Waals surface area contributed by atoms with Gasteiger partial charge in [0, 0.05) is 0 Å². The van der Waals surface area contributed by atoms with Crippen molar-refractivity contribution < 1.29 is 0 Å². The molecule has 3 aliphatic rings. The van der Waals surface area contributed by atoms with Gasteiger partial charge in [0.15, 0.2) is 0 Å². The molecule has 2 nitrogen and oxygen atoms in total. The summed E-state index contributed by atoms with van der Waals surface area (Å²) in [5.41, 5.74) is 4.35. The number of hydrogen-bond donors (Lipinski definition) is 0. The molecule has 150 valence electrons.